The van der Waals surface area contributed by atoms with E-state index in [9.17, 15) is 0 Å². The molecule has 1 aliphatic heterocycles. The van der Waals surface area contributed by atoms with Gasteiger partial charge in [-0.25, -0.2) is 4.98 Å². The molecule has 1 fully saturated rings. The number of hydrogen-bond donors (Lipinski definition) is 1. The number of aromatic nitrogens is 2. The molecule has 1 saturated heterocycles. The van der Waals surface area contributed by atoms with Crippen molar-refractivity contribution in [2.24, 2.45) is 0 Å². The Kier molecular flexibility index (Phi) is 4.05. The molecule has 3 rings (SSSR count). The van der Waals surface area contributed by atoms with Gasteiger partial charge in [0.05, 0.1) is 0 Å². The molecule has 0 bridgehead atoms. The lowest BCUT2D eigenvalue weighted by molar-refractivity contribution is 0.251. The molecule has 106 valence electrons. The van der Waals surface area contributed by atoms with Gasteiger partial charge in [0, 0.05) is 43.7 Å². The molecule has 0 amide bonds. The number of nitrogen functional groups attached to an aromatic ring is 1. The molecule has 7 heteroatoms. The van der Waals surface area contributed by atoms with Crippen LogP contribution in [0.4, 0.5) is 11.8 Å². The van der Waals surface area contributed by atoms with Crippen LogP contribution in [0.3, 0.4) is 0 Å². The zero-order chi connectivity index (χ0) is 13.9. The molecule has 0 aromatic carbocycles. The predicted molar refractivity (Wildman–Crippen MR) is 83.3 cm³/mol. The summed E-state index contributed by atoms with van der Waals surface area (Å²) in [5.41, 5.74) is 5.64. The van der Waals surface area contributed by atoms with E-state index in [4.69, 9.17) is 17.3 Å². The molecule has 3 heterocycles. The van der Waals surface area contributed by atoms with E-state index in [1.807, 2.05) is 11.3 Å². The van der Waals surface area contributed by atoms with E-state index in [1.165, 1.54) is 4.88 Å². The quantitative estimate of drug-likeness (QED) is 0.880. The number of piperazine rings is 1. The molecular weight excluding hydrogens is 294 g/mol. The SMILES string of the molecule is Nc1nc(Cl)cc(N2CCN(Cc3cccs3)CC2)n1. The van der Waals surface area contributed by atoms with E-state index in [0.717, 1.165) is 38.5 Å². The first-order valence-corrected chi connectivity index (χ1v) is 7.76. The van der Waals surface area contributed by atoms with E-state index in [-0.39, 0.29) is 5.95 Å². The van der Waals surface area contributed by atoms with Crippen LogP contribution in [-0.2, 0) is 6.54 Å². The maximum Gasteiger partial charge on any atom is 0.223 e. The predicted octanol–water partition coefficient (Wildman–Crippen LogP) is 2.10. The number of nitrogens with zero attached hydrogens (tertiary/aromatic N) is 4. The number of hydrogen-bond acceptors (Lipinski definition) is 6. The van der Waals surface area contributed by atoms with Crippen LogP contribution < -0.4 is 10.6 Å². The Balaban J connectivity index is 1.60. The monoisotopic (exact) mass is 309 g/mol. The minimum Gasteiger partial charge on any atom is -0.368 e. The fraction of sp³-hybridized carbons (Fsp3) is 0.385. The number of nitrogens with two attached hydrogens (primary N) is 1. The zero-order valence-electron chi connectivity index (χ0n) is 11.0. The zero-order valence-corrected chi connectivity index (χ0v) is 12.6. The van der Waals surface area contributed by atoms with Crippen molar-refractivity contribution in [1.82, 2.24) is 14.9 Å². The van der Waals surface area contributed by atoms with E-state index in [2.05, 4.69) is 37.3 Å². The summed E-state index contributed by atoms with van der Waals surface area (Å²) in [6.45, 7) is 4.91. The van der Waals surface area contributed by atoms with Gasteiger partial charge < -0.3 is 10.6 Å². The fourth-order valence-corrected chi connectivity index (χ4v) is 3.27. The fourth-order valence-electron chi connectivity index (χ4n) is 2.34. The summed E-state index contributed by atoms with van der Waals surface area (Å²) in [5.74, 6) is 1.05. The average molecular weight is 310 g/mol. The van der Waals surface area contributed by atoms with Crippen molar-refractivity contribution in [1.29, 1.82) is 0 Å². The molecule has 0 radical (unpaired) electrons. The maximum absolute atomic E-state index is 5.93. The summed E-state index contributed by atoms with van der Waals surface area (Å²) >= 11 is 7.73. The Morgan fingerprint density at radius 2 is 2.05 bits per heavy atom. The van der Waals surface area contributed by atoms with Crippen LogP contribution in [0.1, 0.15) is 4.88 Å². The van der Waals surface area contributed by atoms with Crippen LogP contribution in [0, 0.1) is 0 Å². The second kappa shape index (κ2) is 5.95. The molecule has 5 nitrogen and oxygen atoms in total. The van der Waals surface area contributed by atoms with Crippen molar-refractivity contribution >= 4 is 34.7 Å². The highest BCUT2D eigenvalue weighted by Gasteiger charge is 2.19. The summed E-state index contributed by atoms with van der Waals surface area (Å²) in [7, 11) is 0. The average Bonchev–Trinajstić information content (AvgIpc) is 2.91. The van der Waals surface area contributed by atoms with Crippen molar-refractivity contribution in [3.63, 3.8) is 0 Å². The van der Waals surface area contributed by atoms with Gasteiger partial charge in [-0.15, -0.1) is 11.3 Å². The Morgan fingerprint density at radius 3 is 2.70 bits per heavy atom. The van der Waals surface area contributed by atoms with E-state index < -0.39 is 0 Å². The molecule has 1 aliphatic rings. The van der Waals surface area contributed by atoms with E-state index in [1.54, 1.807) is 6.07 Å². The smallest absolute Gasteiger partial charge is 0.223 e. The highest BCUT2D eigenvalue weighted by Crippen LogP contribution is 2.20. The Labute approximate surface area is 127 Å². The van der Waals surface area contributed by atoms with E-state index >= 15 is 0 Å². The summed E-state index contributed by atoms with van der Waals surface area (Å²) < 4.78 is 0. The van der Waals surface area contributed by atoms with Crippen molar-refractivity contribution in [2.75, 3.05) is 36.8 Å². The van der Waals surface area contributed by atoms with Crippen molar-refractivity contribution in [3.05, 3.63) is 33.6 Å². The lowest BCUT2D eigenvalue weighted by atomic mass is 10.3. The minimum absolute atomic E-state index is 0.230. The van der Waals surface area contributed by atoms with Crippen LogP contribution in [0.5, 0.6) is 0 Å². The van der Waals surface area contributed by atoms with Gasteiger partial charge in [0.25, 0.3) is 0 Å². The van der Waals surface area contributed by atoms with Gasteiger partial charge in [-0.05, 0) is 11.4 Å². The molecule has 0 atom stereocenters. The number of thiophene rings is 1. The van der Waals surface area contributed by atoms with Gasteiger partial charge in [0.15, 0.2) is 0 Å². The Morgan fingerprint density at radius 1 is 1.25 bits per heavy atom. The van der Waals surface area contributed by atoms with Gasteiger partial charge >= 0.3 is 0 Å². The van der Waals surface area contributed by atoms with Crippen molar-refractivity contribution in [2.45, 2.75) is 6.54 Å². The molecule has 2 aromatic rings. The highest BCUT2D eigenvalue weighted by molar-refractivity contribution is 7.09. The molecule has 0 spiro atoms. The second-order valence-corrected chi connectivity index (χ2v) is 6.17. The molecular formula is C13H16ClN5S. The largest absolute Gasteiger partial charge is 0.368 e. The molecule has 20 heavy (non-hydrogen) atoms. The Hall–Kier alpha value is -1.37. The third-order valence-corrected chi connectivity index (χ3v) is 4.41. The Bertz CT molecular complexity index is 546. The molecule has 2 N–H and O–H groups in total. The first kappa shape index (κ1) is 13.6. The first-order valence-electron chi connectivity index (χ1n) is 6.50. The van der Waals surface area contributed by atoms with Crippen LogP contribution >= 0.6 is 22.9 Å². The van der Waals surface area contributed by atoms with Gasteiger partial charge in [-0.2, -0.15) is 4.98 Å². The van der Waals surface area contributed by atoms with Gasteiger partial charge in [0.1, 0.15) is 11.0 Å². The lowest BCUT2D eigenvalue weighted by Gasteiger charge is -2.35. The van der Waals surface area contributed by atoms with Crippen LogP contribution in [-0.4, -0.2) is 41.0 Å². The van der Waals surface area contributed by atoms with Gasteiger partial charge in [-0.1, -0.05) is 17.7 Å². The van der Waals surface area contributed by atoms with Crippen molar-refractivity contribution < 1.29 is 0 Å². The molecule has 0 aliphatic carbocycles. The van der Waals surface area contributed by atoms with Crippen molar-refractivity contribution in [3.8, 4) is 0 Å². The lowest BCUT2D eigenvalue weighted by Crippen LogP contribution is -2.46. The summed E-state index contributed by atoms with van der Waals surface area (Å²) in [6.07, 6.45) is 0. The maximum atomic E-state index is 5.93. The van der Waals surface area contributed by atoms with Crippen LogP contribution in [0.25, 0.3) is 0 Å². The normalized spacial score (nSPS) is 16.6. The van der Waals surface area contributed by atoms with Crippen LogP contribution in [0.2, 0.25) is 5.15 Å². The minimum atomic E-state index is 0.230. The molecule has 2 aromatic heterocycles. The number of anilines is 2. The van der Waals surface area contributed by atoms with Crippen LogP contribution in [0.15, 0.2) is 23.6 Å². The van der Waals surface area contributed by atoms with Gasteiger partial charge in [-0.3, -0.25) is 4.90 Å². The summed E-state index contributed by atoms with van der Waals surface area (Å²) in [5, 5.41) is 2.52. The first-order chi connectivity index (χ1) is 9.70. The summed E-state index contributed by atoms with van der Waals surface area (Å²) in [6, 6.07) is 6.05. The van der Waals surface area contributed by atoms with E-state index in [0.29, 0.717) is 5.15 Å². The third kappa shape index (κ3) is 3.20. The summed E-state index contributed by atoms with van der Waals surface area (Å²) in [4.78, 5) is 14.2. The molecule has 0 saturated carbocycles. The standard InChI is InChI=1S/C13H16ClN5S/c14-11-8-12(17-13(15)16-11)19-5-3-18(4-6-19)9-10-2-1-7-20-10/h1-2,7-8H,3-6,9H2,(H2,15,16,17). The van der Waals surface area contributed by atoms with Gasteiger partial charge in [0.2, 0.25) is 5.95 Å². The molecule has 0 unspecified atom stereocenters. The number of rotatable bonds is 3. The number of halogens is 1. The topological polar surface area (TPSA) is 58.3 Å². The third-order valence-electron chi connectivity index (χ3n) is 3.35. The second-order valence-electron chi connectivity index (χ2n) is 4.75. The highest BCUT2D eigenvalue weighted by atomic mass is 35.5.